The monoisotopic (exact) mass is 415 g/mol. The number of para-hydroxylation sites is 2. The zero-order chi connectivity index (χ0) is 21.6. The number of nitriles is 1. The van der Waals surface area contributed by atoms with Crippen molar-refractivity contribution in [1.29, 1.82) is 5.26 Å². The SMILES string of the molecule is CN(Cc1ccccc1N1CCCC1)C(=O)c1ccc(COc2ccccc2C#N)o1. The van der Waals surface area contributed by atoms with Crippen molar-refractivity contribution in [2.75, 3.05) is 25.0 Å². The van der Waals surface area contributed by atoms with Gasteiger partial charge in [-0.2, -0.15) is 5.26 Å². The summed E-state index contributed by atoms with van der Waals surface area (Å²) in [5, 5.41) is 9.16. The Hall–Kier alpha value is -3.72. The van der Waals surface area contributed by atoms with Gasteiger partial charge in [0.25, 0.3) is 5.91 Å². The Morgan fingerprint density at radius 3 is 2.65 bits per heavy atom. The number of carbonyl (C=O) groups is 1. The number of benzene rings is 2. The summed E-state index contributed by atoms with van der Waals surface area (Å²) in [5.74, 6) is 1.11. The minimum absolute atomic E-state index is 0.146. The van der Waals surface area contributed by atoms with Crippen LogP contribution in [0, 0.1) is 11.3 Å². The smallest absolute Gasteiger partial charge is 0.289 e. The fourth-order valence-electron chi connectivity index (χ4n) is 3.83. The minimum Gasteiger partial charge on any atom is -0.484 e. The van der Waals surface area contributed by atoms with Gasteiger partial charge in [-0.25, -0.2) is 0 Å². The summed E-state index contributed by atoms with van der Waals surface area (Å²) in [5.41, 5.74) is 2.79. The predicted octanol–water partition coefficient (Wildman–Crippen LogP) is 4.60. The molecule has 0 saturated carbocycles. The van der Waals surface area contributed by atoms with Crippen LogP contribution in [0.15, 0.2) is 65.1 Å². The van der Waals surface area contributed by atoms with E-state index in [0.29, 0.717) is 23.6 Å². The molecule has 0 bridgehead atoms. The Morgan fingerprint density at radius 2 is 1.84 bits per heavy atom. The van der Waals surface area contributed by atoms with Gasteiger partial charge >= 0.3 is 0 Å². The van der Waals surface area contributed by atoms with Crippen LogP contribution in [0.2, 0.25) is 0 Å². The van der Waals surface area contributed by atoms with Crippen LogP contribution in [0.4, 0.5) is 5.69 Å². The molecule has 2 aromatic carbocycles. The summed E-state index contributed by atoms with van der Waals surface area (Å²) in [6.45, 7) is 2.78. The van der Waals surface area contributed by atoms with Crippen LogP contribution in [-0.2, 0) is 13.2 Å². The van der Waals surface area contributed by atoms with Crippen LogP contribution in [-0.4, -0.2) is 30.9 Å². The fraction of sp³-hybridized carbons (Fsp3) is 0.280. The van der Waals surface area contributed by atoms with Crippen LogP contribution in [0.3, 0.4) is 0 Å². The first-order valence-electron chi connectivity index (χ1n) is 10.4. The Labute approximate surface area is 182 Å². The number of nitrogens with zero attached hydrogens (tertiary/aromatic N) is 3. The van der Waals surface area contributed by atoms with Gasteiger partial charge in [0.2, 0.25) is 0 Å². The number of amides is 1. The first kappa shape index (κ1) is 20.5. The van der Waals surface area contributed by atoms with Gasteiger partial charge in [-0.05, 0) is 48.7 Å². The third-order valence-electron chi connectivity index (χ3n) is 5.44. The Morgan fingerprint density at radius 1 is 1.10 bits per heavy atom. The highest BCUT2D eigenvalue weighted by molar-refractivity contribution is 5.91. The molecular weight excluding hydrogens is 390 g/mol. The highest BCUT2D eigenvalue weighted by Gasteiger charge is 2.20. The number of furan rings is 1. The topological polar surface area (TPSA) is 69.7 Å². The molecule has 1 aromatic heterocycles. The lowest BCUT2D eigenvalue weighted by Gasteiger charge is -2.24. The molecule has 0 atom stereocenters. The number of hydrogen-bond acceptors (Lipinski definition) is 5. The third-order valence-corrected chi connectivity index (χ3v) is 5.44. The molecule has 0 aliphatic carbocycles. The lowest BCUT2D eigenvalue weighted by molar-refractivity contribution is 0.0749. The van der Waals surface area contributed by atoms with Gasteiger partial charge in [0.05, 0.1) is 5.56 Å². The maximum atomic E-state index is 12.9. The van der Waals surface area contributed by atoms with Crippen molar-refractivity contribution >= 4 is 11.6 Å². The molecule has 0 radical (unpaired) electrons. The second kappa shape index (κ2) is 9.40. The number of rotatable bonds is 7. The van der Waals surface area contributed by atoms with Gasteiger partial charge in [0.15, 0.2) is 5.76 Å². The molecule has 158 valence electrons. The van der Waals surface area contributed by atoms with Crippen LogP contribution in [0.5, 0.6) is 5.75 Å². The van der Waals surface area contributed by atoms with Crippen molar-refractivity contribution in [3.63, 3.8) is 0 Å². The van der Waals surface area contributed by atoms with E-state index >= 15 is 0 Å². The third kappa shape index (κ3) is 4.72. The molecule has 1 saturated heterocycles. The normalized spacial score (nSPS) is 13.1. The first-order chi connectivity index (χ1) is 15.2. The van der Waals surface area contributed by atoms with E-state index in [0.717, 1.165) is 18.7 Å². The molecule has 4 rings (SSSR count). The summed E-state index contributed by atoms with van der Waals surface area (Å²) in [6.07, 6.45) is 2.42. The molecule has 31 heavy (non-hydrogen) atoms. The molecule has 6 heteroatoms. The maximum absolute atomic E-state index is 12.9. The molecular formula is C25H25N3O3. The molecule has 3 aromatic rings. The first-order valence-corrected chi connectivity index (χ1v) is 10.4. The number of carbonyl (C=O) groups excluding carboxylic acids is 1. The highest BCUT2D eigenvalue weighted by Crippen LogP contribution is 2.26. The van der Waals surface area contributed by atoms with Gasteiger partial charge < -0.3 is 19.0 Å². The van der Waals surface area contributed by atoms with Crippen molar-refractivity contribution in [1.82, 2.24) is 4.90 Å². The van der Waals surface area contributed by atoms with Crippen molar-refractivity contribution in [3.05, 3.63) is 83.3 Å². The van der Waals surface area contributed by atoms with E-state index < -0.39 is 0 Å². The fourth-order valence-corrected chi connectivity index (χ4v) is 3.83. The Bertz CT molecular complexity index is 1090. The largest absolute Gasteiger partial charge is 0.484 e. The lowest BCUT2D eigenvalue weighted by atomic mass is 10.1. The van der Waals surface area contributed by atoms with Gasteiger partial charge in [0, 0.05) is 32.4 Å². The molecule has 6 nitrogen and oxygen atoms in total. The predicted molar refractivity (Wildman–Crippen MR) is 118 cm³/mol. The van der Waals surface area contributed by atoms with Crippen LogP contribution >= 0.6 is 0 Å². The summed E-state index contributed by atoms with van der Waals surface area (Å²) in [6, 6.07) is 20.8. The summed E-state index contributed by atoms with van der Waals surface area (Å²) in [4.78, 5) is 17.0. The average molecular weight is 415 g/mol. The second-order valence-corrected chi connectivity index (χ2v) is 7.65. The van der Waals surface area contributed by atoms with Gasteiger partial charge in [-0.3, -0.25) is 4.79 Å². The second-order valence-electron chi connectivity index (χ2n) is 7.65. The van der Waals surface area contributed by atoms with Crippen molar-refractivity contribution in [2.24, 2.45) is 0 Å². The molecule has 0 spiro atoms. The average Bonchev–Trinajstić information content (AvgIpc) is 3.50. The standard InChI is InChI=1S/C25H25N3O3/c1-27(17-20-9-2-4-10-22(20)28-14-6-7-15-28)25(29)24-13-12-21(31-24)18-30-23-11-5-3-8-19(23)16-26/h2-5,8-13H,6-7,14-15,17-18H2,1H3. The van der Waals surface area contributed by atoms with E-state index in [4.69, 9.17) is 14.4 Å². The van der Waals surface area contributed by atoms with Gasteiger partial charge in [-0.15, -0.1) is 0 Å². The van der Waals surface area contributed by atoms with E-state index in [9.17, 15) is 4.79 Å². The number of ether oxygens (including phenoxy) is 1. The number of anilines is 1. The summed E-state index contributed by atoms with van der Waals surface area (Å²) >= 11 is 0. The molecule has 1 amide bonds. The maximum Gasteiger partial charge on any atom is 0.289 e. The Kier molecular flexibility index (Phi) is 6.23. The van der Waals surface area contributed by atoms with Crippen molar-refractivity contribution in [3.8, 4) is 11.8 Å². The van der Waals surface area contributed by atoms with Gasteiger partial charge in [0.1, 0.15) is 24.2 Å². The van der Waals surface area contributed by atoms with E-state index in [1.165, 1.54) is 18.5 Å². The van der Waals surface area contributed by atoms with E-state index in [1.54, 1.807) is 42.3 Å². The minimum atomic E-state index is -0.181. The molecule has 0 unspecified atom stereocenters. The van der Waals surface area contributed by atoms with E-state index in [2.05, 4.69) is 23.1 Å². The molecule has 1 aliphatic rings. The molecule has 2 heterocycles. The van der Waals surface area contributed by atoms with Crippen LogP contribution in [0.25, 0.3) is 0 Å². The zero-order valence-corrected chi connectivity index (χ0v) is 17.6. The highest BCUT2D eigenvalue weighted by atomic mass is 16.5. The molecule has 1 aliphatic heterocycles. The van der Waals surface area contributed by atoms with E-state index in [1.807, 2.05) is 18.2 Å². The lowest BCUT2D eigenvalue weighted by Crippen LogP contribution is -2.27. The Balaban J connectivity index is 1.40. The van der Waals surface area contributed by atoms with Crippen LogP contribution < -0.4 is 9.64 Å². The zero-order valence-electron chi connectivity index (χ0n) is 17.6. The molecule has 1 fully saturated rings. The quantitative estimate of drug-likeness (QED) is 0.564. The number of hydrogen-bond donors (Lipinski definition) is 0. The van der Waals surface area contributed by atoms with Gasteiger partial charge in [-0.1, -0.05) is 30.3 Å². The summed E-state index contributed by atoms with van der Waals surface area (Å²) in [7, 11) is 1.78. The van der Waals surface area contributed by atoms with Crippen LogP contribution in [0.1, 0.15) is 40.3 Å². The summed E-state index contributed by atoms with van der Waals surface area (Å²) < 4.78 is 11.4. The molecule has 0 N–H and O–H groups in total. The van der Waals surface area contributed by atoms with E-state index in [-0.39, 0.29) is 18.3 Å². The van der Waals surface area contributed by atoms with Crippen molar-refractivity contribution in [2.45, 2.75) is 26.0 Å². The van der Waals surface area contributed by atoms with Crippen molar-refractivity contribution < 1.29 is 13.9 Å².